The third kappa shape index (κ3) is 14.9. The highest BCUT2D eigenvalue weighted by molar-refractivity contribution is 8.76. The summed E-state index contributed by atoms with van der Waals surface area (Å²) in [6.45, 7) is 9.82. The summed E-state index contributed by atoms with van der Waals surface area (Å²) in [5, 5.41) is 23.3. The molecule has 0 fully saturated rings. The predicted octanol–water partition coefficient (Wildman–Crippen LogP) is 1.73. The topological polar surface area (TPSA) is 151 Å². The zero-order valence-electron chi connectivity index (χ0n) is 17.4. The molecule has 12 heteroatoms. The largest absolute Gasteiger partial charge is 0.480 e. The van der Waals surface area contributed by atoms with Crippen LogP contribution < -0.4 is 10.6 Å². The van der Waals surface area contributed by atoms with E-state index in [2.05, 4.69) is 10.6 Å². The van der Waals surface area contributed by atoms with Gasteiger partial charge >= 0.3 is 24.0 Å². The fourth-order valence-corrected chi connectivity index (χ4v) is 4.00. The summed E-state index contributed by atoms with van der Waals surface area (Å²) in [5.74, 6) is -2.89. The van der Waals surface area contributed by atoms with Crippen LogP contribution in [0.25, 0.3) is 0 Å². The number of nitrogens with one attached hydrogen (secondary N) is 2. The number of rotatable bonds is 11. The van der Waals surface area contributed by atoms with Gasteiger partial charge in [-0.05, 0) is 41.5 Å². The first-order valence-electron chi connectivity index (χ1n) is 8.75. The maximum atomic E-state index is 11.7. The first kappa shape index (κ1) is 27.3. The number of esters is 1. The van der Waals surface area contributed by atoms with Crippen molar-refractivity contribution >= 4 is 45.6 Å². The van der Waals surface area contributed by atoms with Gasteiger partial charge in [-0.1, -0.05) is 21.6 Å². The molecule has 0 aromatic heterocycles. The van der Waals surface area contributed by atoms with Crippen LogP contribution in [0.5, 0.6) is 0 Å². The Labute approximate surface area is 178 Å². The van der Waals surface area contributed by atoms with Crippen LogP contribution >= 0.6 is 21.6 Å². The predicted molar refractivity (Wildman–Crippen MR) is 111 cm³/mol. The molecule has 0 spiro atoms. The maximum Gasteiger partial charge on any atom is 0.408 e. The van der Waals surface area contributed by atoms with Gasteiger partial charge in [0.25, 0.3) is 0 Å². The number of carbonyl (C=O) groups is 4. The van der Waals surface area contributed by atoms with Crippen LogP contribution in [0.1, 0.15) is 41.5 Å². The van der Waals surface area contributed by atoms with E-state index in [1.54, 1.807) is 41.5 Å². The lowest BCUT2D eigenvalue weighted by Crippen LogP contribution is -2.45. The molecule has 0 aromatic carbocycles. The molecule has 0 heterocycles. The molecule has 10 nitrogen and oxygen atoms in total. The van der Waals surface area contributed by atoms with Gasteiger partial charge in [-0.3, -0.25) is 14.9 Å². The van der Waals surface area contributed by atoms with Crippen molar-refractivity contribution in [3.8, 4) is 0 Å². The molecule has 2 atom stereocenters. The van der Waals surface area contributed by atoms with Gasteiger partial charge < -0.3 is 25.0 Å². The Hall–Kier alpha value is -1.66. The van der Waals surface area contributed by atoms with Crippen LogP contribution in [-0.4, -0.2) is 75.6 Å². The van der Waals surface area contributed by atoms with E-state index < -0.39 is 47.3 Å². The number of carbonyl (C=O) groups excluding carboxylic acids is 2. The molecule has 1 amide bonds. The summed E-state index contributed by atoms with van der Waals surface area (Å²) in [6, 6.07) is -2.22. The minimum absolute atomic E-state index is 0.00233. The summed E-state index contributed by atoms with van der Waals surface area (Å²) in [7, 11) is 2.19. The number of aliphatic carboxylic acids is 2. The molecule has 0 aliphatic carbocycles. The highest BCUT2D eigenvalue weighted by Gasteiger charge is 2.25. The molecule has 4 N–H and O–H groups in total. The molecule has 0 saturated heterocycles. The van der Waals surface area contributed by atoms with Crippen molar-refractivity contribution in [2.24, 2.45) is 0 Å². The standard InChI is InChI=1S/C17H30N2O8S2/c1-16(2,3)26-12(20)7-18-10(13(21)22)8-28-29-9-11(14(23)24)19-15(25)27-17(4,5)6/h10-11,18H,7-9H2,1-6H3,(H,19,25)(H,21,22)(H,23,24). The Bertz CT molecular complexity index is 587. The summed E-state index contributed by atoms with van der Waals surface area (Å²) in [4.78, 5) is 46.0. The lowest BCUT2D eigenvalue weighted by molar-refractivity contribution is -0.154. The van der Waals surface area contributed by atoms with Crippen molar-refractivity contribution in [1.82, 2.24) is 10.6 Å². The normalized spacial score (nSPS) is 13.9. The monoisotopic (exact) mass is 454 g/mol. The van der Waals surface area contributed by atoms with Crippen LogP contribution in [0.4, 0.5) is 4.79 Å². The van der Waals surface area contributed by atoms with Gasteiger partial charge in [-0.15, -0.1) is 0 Å². The molecule has 0 rings (SSSR count). The molecule has 29 heavy (non-hydrogen) atoms. The summed E-state index contributed by atoms with van der Waals surface area (Å²) >= 11 is 0. The van der Waals surface area contributed by atoms with E-state index in [-0.39, 0.29) is 18.1 Å². The molecule has 2 unspecified atom stereocenters. The van der Waals surface area contributed by atoms with Crippen LogP contribution in [0.3, 0.4) is 0 Å². The molecule has 0 aliphatic rings. The van der Waals surface area contributed by atoms with Crippen molar-refractivity contribution in [1.29, 1.82) is 0 Å². The Morgan fingerprint density at radius 3 is 1.69 bits per heavy atom. The van der Waals surface area contributed by atoms with Crippen molar-refractivity contribution in [3.05, 3.63) is 0 Å². The van der Waals surface area contributed by atoms with E-state index in [1.165, 1.54) is 0 Å². The van der Waals surface area contributed by atoms with Gasteiger partial charge in [0.05, 0.1) is 6.54 Å². The zero-order chi connectivity index (χ0) is 22.8. The summed E-state index contributed by atoms with van der Waals surface area (Å²) in [5.41, 5.74) is -1.43. The van der Waals surface area contributed by atoms with Gasteiger partial charge in [-0.25, -0.2) is 9.59 Å². The lowest BCUT2D eigenvalue weighted by Gasteiger charge is -2.22. The van der Waals surface area contributed by atoms with Crippen molar-refractivity contribution in [2.45, 2.75) is 64.8 Å². The number of alkyl carbamates (subject to hydrolysis) is 1. The molecule has 0 radical (unpaired) electrons. The SMILES string of the molecule is CC(C)(C)OC(=O)CNC(CSSCC(NC(=O)OC(C)(C)C)C(=O)O)C(=O)O. The Morgan fingerprint density at radius 1 is 0.828 bits per heavy atom. The van der Waals surface area contributed by atoms with E-state index >= 15 is 0 Å². The molecule has 168 valence electrons. The van der Waals surface area contributed by atoms with E-state index in [4.69, 9.17) is 9.47 Å². The third-order valence-electron chi connectivity index (χ3n) is 2.75. The molecule has 0 aliphatic heterocycles. The van der Waals surface area contributed by atoms with E-state index in [9.17, 15) is 29.4 Å². The average molecular weight is 455 g/mol. The Balaban J connectivity index is 4.44. The molecular weight excluding hydrogens is 424 g/mol. The Morgan fingerprint density at radius 2 is 1.28 bits per heavy atom. The second-order valence-electron chi connectivity index (χ2n) is 7.96. The van der Waals surface area contributed by atoms with Gasteiger partial charge in [0, 0.05) is 11.5 Å². The molecule has 0 aromatic rings. The van der Waals surface area contributed by atoms with Crippen LogP contribution in [0.15, 0.2) is 0 Å². The number of ether oxygens (including phenoxy) is 2. The van der Waals surface area contributed by atoms with Crippen molar-refractivity contribution in [2.75, 3.05) is 18.1 Å². The second-order valence-corrected chi connectivity index (χ2v) is 10.5. The van der Waals surface area contributed by atoms with Gasteiger partial charge in [-0.2, -0.15) is 0 Å². The van der Waals surface area contributed by atoms with Crippen molar-refractivity contribution < 1.29 is 38.9 Å². The molecule has 0 bridgehead atoms. The quantitative estimate of drug-likeness (QED) is 0.205. The highest BCUT2D eigenvalue weighted by atomic mass is 33.1. The van der Waals surface area contributed by atoms with Gasteiger partial charge in [0.1, 0.15) is 23.3 Å². The zero-order valence-corrected chi connectivity index (χ0v) is 19.1. The van der Waals surface area contributed by atoms with Crippen LogP contribution in [-0.2, 0) is 23.9 Å². The first-order chi connectivity index (χ1) is 13.1. The minimum Gasteiger partial charge on any atom is -0.480 e. The number of carboxylic acids is 2. The summed E-state index contributed by atoms with van der Waals surface area (Å²) < 4.78 is 10.1. The maximum absolute atomic E-state index is 11.7. The highest BCUT2D eigenvalue weighted by Crippen LogP contribution is 2.23. The van der Waals surface area contributed by atoms with Crippen LogP contribution in [0, 0.1) is 0 Å². The third-order valence-corrected chi connectivity index (χ3v) is 5.17. The van der Waals surface area contributed by atoms with Crippen molar-refractivity contribution in [3.63, 3.8) is 0 Å². The smallest absolute Gasteiger partial charge is 0.408 e. The Kier molecular flexibility index (Phi) is 11.4. The van der Waals surface area contributed by atoms with E-state index in [1.807, 2.05) is 0 Å². The molecule has 0 saturated carbocycles. The van der Waals surface area contributed by atoms with Gasteiger partial charge in [0.15, 0.2) is 0 Å². The van der Waals surface area contributed by atoms with E-state index in [0.29, 0.717) is 0 Å². The number of amides is 1. The lowest BCUT2D eigenvalue weighted by atomic mass is 10.2. The minimum atomic E-state index is -1.23. The molecular formula is C17H30N2O8S2. The second kappa shape index (κ2) is 12.1. The number of hydrogen-bond donors (Lipinski definition) is 4. The summed E-state index contributed by atoms with van der Waals surface area (Å²) in [6.07, 6.45) is -0.849. The average Bonchev–Trinajstić information content (AvgIpc) is 2.48. The fraction of sp³-hybridized carbons (Fsp3) is 0.765. The number of hydrogen-bond acceptors (Lipinski definition) is 9. The first-order valence-corrected chi connectivity index (χ1v) is 11.2. The van der Waals surface area contributed by atoms with Crippen LogP contribution in [0.2, 0.25) is 0 Å². The fourth-order valence-electron chi connectivity index (χ4n) is 1.66. The van der Waals surface area contributed by atoms with Gasteiger partial charge in [0.2, 0.25) is 0 Å². The number of carboxylic acid groups (broad SMARTS) is 2. The van der Waals surface area contributed by atoms with E-state index in [0.717, 1.165) is 21.6 Å².